The molecule has 3 heterocycles. The second kappa shape index (κ2) is 5.33. The molecule has 0 aromatic carbocycles. The highest BCUT2D eigenvalue weighted by molar-refractivity contribution is 5.88. The Bertz CT molecular complexity index is 666. The van der Waals surface area contributed by atoms with E-state index in [0.29, 0.717) is 13.2 Å². The summed E-state index contributed by atoms with van der Waals surface area (Å²) in [6.45, 7) is 1.75. The molecule has 0 aliphatic carbocycles. The fourth-order valence-electron chi connectivity index (χ4n) is 2.60. The van der Waals surface area contributed by atoms with Crippen molar-refractivity contribution in [3.05, 3.63) is 18.6 Å². The number of anilines is 1. The Hall–Kier alpha value is -2.15. The lowest BCUT2D eigenvalue weighted by Gasteiger charge is -2.34. The number of ether oxygens (including phenoxy) is 1. The van der Waals surface area contributed by atoms with Crippen LogP contribution in [0.1, 0.15) is 0 Å². The number of morpholine rings is 1. The SMILES string of the molecule is CN(C)C(=O)C1CN(c2ncnc3c2ccn3C)CCO1. The molecule has 1 aliphatic heterocycles. The van der Waals surface area contributed by atoms with Crippen LogP contribution in [-0.2, 0) is 16.6 Å². The quantitative estimate of drug-likeness (QED) is 0.793. The molecule has 112 valence electrons. The number of carbonyl (C=O) groups excluding carboxylic acids is 1. The van der Waals surface area contributed by atoms with E-state index in [9.17, 15) is 4.79 Å². The fourth-order valence-corrected chi connectivity index (χ4v) is 2.60. The van der Waals surface area contributed by atoms with Gasteiger partial charge in [-0.1, -0.05) is 0 Å². The van der Waals surface area contributed by atoms with Crippen molar-refractivity contribution in [3.8, 4) is 0 Å². The lowest BCUT2D eigenvalue weighted by molar-refractivity contribution is -0.141. The monoisotopic (exact) mass is 289 g/mol. The zero-order valence-corrected chi connectivity index (χ0v) is 12.5. The predicted molar refractivity (Wildman–Crippen MR) is 79.2 cm³/mol. The van der Waals surface area contributed by atoms with Gasteiger partial charge in [0.1, 0.15) is 17.8 Å². The van der Waals surface area contributed by atoms with Crippen molar-refractivity contribution < 1.29 is 9.53 Å². The lowest BCUT2D eigenvalue weighted by Crippen LogP contribution is -2.49. The van der Waals surface area contributed by atoms with Gasteiger partial charge in [0.2, 0.25) is 0 Å². The van der Waals surface area contributed by atoms with Crippen LogP contribution in [-0.4, -0.2) is 65.2 Å². The Morgan fingerprint density at radius 3 is 3.00 bits per heavy atom. The molecule has 2 aromatic rings. The number of rotatable bonds is 2. The van der Waals surface area contributed by atoms with Crippen LogP contribution in [0.2, 0.25) is 0 Å². The van der Waals surface area contributed by atoms with Crippen molar-refractivity contribution in [1.29, 1.82) is 0 Å². The fraction of sp³-hybridized carbons (Fsp3) is 0.500. The van der Waals surface area contributed by atoms with E-state index < -0.39 is 6.10 Å². The Morgan fingerprint density at radius 1 is 1.43 bits per heavy atom. The van der Waals surface area contributed by atoms with Crippen LogP contribution in [0.25, 0.3) is 11.0 Å². The van der Waals surface area contributed by atoms with Crippen molar-refractivity contribution >= 4 is 22.8 Å². The first kappa shape index (κ1) is 13.8. The first-order valence-corrected chi connectivity index (χ1v) is 6.91. The summed E-state index contributed by atoms with van der Waals surface area (Å²) in [6.07, 6.45) is 3.09. The number of hydrogen-bond acceptors (Lipinski definition) is 5. The number of amides is 1. The van der Waals surface area contributed by atoms with Crippen LogP contribution in [0.3, 0.4) is 0 Å². The van der Waals surface area contributed by atoms with Gasteiger partial charge < -0.3 is 19.1 Å². The van der Waals surface area contributed by atoms with Crippen molar-refractivity contribution in [2.75, 3.05) is 38.7 Å². The maximum absolute atomic E-state index is 12.1. The molecule has 21 heavy (non-hydrogen) atoms. The van der Waals surface area contributed by atoms with Gasteiger partial charge in [-0.3, -0.25) is 4.79 Å². The van der Waals surface area contributed by atoms with E-state index >= 15 is 0 Å². The van der Waals surface area contributed by atoms with Gasteiger partial charge in [0.15, 0.2) is 6.10 Å². The molecule has 3 rings (SSSR count). The van der Waals surface area contributed by atoms with Crippen LogP contribution in [0.4, 0.5) is 5.82 Å². The molecule has 0 saturated carbocycles. The van der Waals surface area contributed by atoms with Crippen molar-refractivity contribution in [3.63, 3.8) is 0 Å². The molecule has 2 aromatic heterocycles. The Kier molecular flexibility index (Phi) is 3.50. The first-order chi connectivity index (χ1) is 10.1. The number of carbonyl (C=O) groups is 1. The molecule has 0 radical (unpaired) electrons. The third-order valence-corrected chi connectivity index (χ3v) is 3.72. The van der Waals surface area contributed by atoms with Crippen LogP contribution in [0, 0.1) is 0 Å². The molecule has 1 atom stereocenters. The molecule has 0 N–H and O–H groups in total. The number of likely N-dealkylation sites (N-methyl/N-ethyl adjacent to an activating group) is 1. The van der Waals surface area contributed by atoms with Gasteiger partial charge >= 0.3 is 0 Å². The van der Waals surface area contributed by atoms with Crippen LogP contribution in [0.5, 0.6) is 0 Å². The summed E-state index contributed by atoms with van der Waals surface area (Å²) in [6, 6.07) is 2.00. The minimum atomic E-state index is -0.442. The average Bonchev–Trinajstić information content (AvgIpc) is 2.88. The Balaban J connectivity index is 1.90. The second-order valence-electron chi connectivity index (χ2n) is 5.40. The number of aromatic nitrogens is 3. The van der Waals surface area contributed by atoms with E-state index in [1.165, 1.54) is 0 Å². The normalized spacial score (nSPS) is 19.0. The van der Waals surface area contributed by atoms with E-state index in [4.69, 9.17) is 4.74 Å². The summed E-state index contributed by atoms with van der Waals surface area (Å²) >= 11 is 0. The van der Waals surface area contributed by atoms with Crippen LogP contribution in [0.15, 0.2) is 18.6 Å². The molecule has 7 heteroatoms. The maximum Gasteiger partial charge on any atom is 0.253 e. The summed E-state index contributed by atoms with van der Waals surface area (Å²) < 4.78 is 7.55. The van der Waals surface area contributed by atoms with Crippen molar-refractivity contribution in [2.24, 2.45) is 7.05 Å². The number of nitrogens with zero attached hydrogens (tertiary/aromatic N) is 5. The molecule has 0 spiro atoms. The van der Waals surface area contributed by atoms with Gasteiger partial charge in [-0.25, -0.2) is 9.97 Å². The molecule has 1 saturated heterocycles. The molecule has 1 aliphatic rings. The van der Waals surface area contributed by atoms with Gasteiger partial charge in [-0.2, -0.15) is 0 Å². The van der Waals surface area contributed by atoms with Crippen molar-refractivity contribution in [1.82, 2.24) is 19.4 Å². The number of fused-ring (bicyclic) bond motifs is 1. The molecule has 1 unspecified atom stereocenters. The largest absolute Gasteiger partial charge is 0.365 e. The van der Waals surface area contributed by atoms with E-state index in [-0.39, 0.29) is 5.91 Å². The zero-order valence-electron chi connectivity index (χ0n) is 12.5. The van der Waals surface area contributed by atoms with Gasteiger partial charge in [0.25, 0.3) is 5.91 Å². The summed E-state index contributed by atoms with van der Waals surface area (Å²) in [4.78, 5) is 24.4. The first-order valence-electron chi connectivity index (χ1n) is 6.91. The third kappa shape index (κ3) is 2.44. The van der Waals surface area contributed by atoms with Gasteiger partial charge in [0.05, 0.1) is 18.5 Å². The molecule has 1 amide bonds. The molecule has 1 fully saturated rings. The zero-order chi connectivity index (χ0) is 15.0. The third-order valence-electron chi connectivity index (χ3n) is 3.72. The van der Waals surface area contributed by atoms with Crippen LogP contribution < -0.4 is 4.90 Å². The minimum Gasteiger partial charge on any atom is -0.365 e. The average molecular weight is 289 g/mol. The van der Waals surface area contributed by atoms with Crippen molar-refractivity contribution in [2.45, 2.75) is 6.10 Å². The minimum absolute atomic E-state index is 0.0157. The summed E-state index contributed by atoms with van der Waals surface area (Å²) in [5, 5.41) is 0.998. The van der Waals surface area contributed by atoms with E-state index in [2.05, 4.69) is 14.9 Å². The molecular weight excluding hydrogens is 270 g/mol. The van der Waals surface area contributed by atoms with Crippen LogP contribution >= 0.6 is 0 Å². The summed E-state index contributed by atoms with van der Waals surface area (Å²) in [7, 11) is 5.44. The highest BCUT2D eigenvalue weighted by atomic mass is 16.5. The van der Waals surface area contributed by atoms with E-state index in [0.717, 1.165) is 23.4 Å². The van der Waals surface area contributed by atoms with Gasteiger partial charge in [0, 0.05) is 33.9 Å². The van der Waals surface area contributed by atoms with E-state index in [1.807, 2.05) is 23.9 Å². The highest BCUT2D eigenvalue weighted by Gasteiger charge is 2.29. The molecular formula is C14H19N5O2. The summed E-state index contributed by atoms with van der Waals surface area (Å²) in [5.41, 5.74) is 0.891. The van der Waals surface area contributed by atoms with Gasteiger partial charge in [-0.15, -0.1) is 0 Å². The maximum atomic E-state index is 12.1. The topological polar surface area (TPSA) is 63.5 Å². The van der Waals surface area contributed by atoms with E-state index in [1.54, 1.807) is 25.3 Å². The lowest BCUT2D eigenvalue weighted by atomic mass is 10.2. The standard InChI is InChI=1S/C14H19N5O2/c1-17(2)14(20)11-8-19(6-7-21-11)13-10-4-5-18(3)12(10)15-9-16-13/h4-5,9,11H,6-8H2,1-3H3. The molecule has 0 bridgehead atoms. The Labute approximate surface area is 123 Å². The predicted octanol–water partition coefficient (Wildman–Crippen LogP) is 0.262. The van der Waals surface area contributed by atoms with Gasteiger partial charge in [-0.05, 0) is 6.07 Å². The summed E-state index contributed by atoms with van der Waals surface area (Å²) in [5.74, 6) is 0.846. The second-order valence-corrected chi connectivity index (χ2v) is 5.40. The smallest absolute Gasteiger partial charge is 0.253 e. The highest BCUT2D eigenvalue weighted by Crippen LogP contribution is 2.25. The Morgan fingerprint density at radius 2 is 2.24 bits per heavy atom. The molecule has 7 nitrogen and oxygen atoms in total. The number of aryl methyl sites for hydroxylation is 1. The number of hydrogen-bond donors (Lipinski definition) is 0.